The number of nitrogens with zero attached hydrogens (tertiary/aromatic N) is 1. The topological polar surface area (TPSA) is 24.5 Å². The van der Waals surface area contributed by atoms with E-state index in [1.165, 1.54) is 12.0 Å². The Morgan fingerprint density at radius 2 is 2.00 bits per heavy atom. The molecule has 0 spiro atoms. The lowest BCUT2D eigenvalue weighted by molar-refractivity contribution is 0.252. The monoisotopic (exact) mass is 292 g/mol. The zero-order valence-electron chi connectivity index (χ0n) is 14.4. The molecule has 1 aromatic rings. The normalized spacial score (nSPS) is 14.2. The molecule has 3 nitrogen and oxygen atoms in total. The van der Waals surface area contributed by atoms with E-state index in [1.807, 2.05) is 6.07 Å². The maximum atomic E-state index is 5.36. The summed E-state index contributed by atoms with van der Waals surface area (Å²) in [5, 5.41) is 3.66. The Bertz CT molecular complexity index is 395. The number of rotatable bonds is 10. The summed E-state index contributed by atoms with van der Waals surface area (Å²) >= 11 is 0. The van der Waals surface area contributed by atoms with Crippen molar-refractivity contribution in [3.05, 3.63) is 29.8 Å². The third-order valence-electron chi connectivity index (χ3n) is 3.95. The first-order valence-corrected chi connectivity index (χ1v) is 8.16. The van der Waals surface area contributed by atoms with Crippen LogP contribution >= 0.6 is 0 Å². The maximum Gasteiger partial charge on any atom is 0.119 e. The number of benzene rings is 1. The van der Waals surface area contributed by atoms with E-state index >= 15 is 0 Å². The fourth-order valence-electron chi connectivity index (χ4n) is 2.51. The van der Waals surface area contributed by atoms with Crippen LogP contribution < -0.4 is 10.1 Å². The molecule has 0 aliphatic rings. The van der Waals surface area contributed by atoms with Crippen LogP contribution in [0.25, 0.3) is 0 Å². The van der Waals surface area contributed by atoms with Crippen molar-refractivity contribution >= 4 is 0 Å². The molecule has 0 saturated carbocycles. The van der Waals surface area contributed by atoms with Gasteiger partial charge < -0.3 is 15.0 Å². The van der Waals surface area contributed by atoms with Crippen LogP contribution in [0.5, 0.6) is 5.75 Å². The summed E-state index contributed by atoms with van der Waals surface area (Å²) in [4.78, 5) is 2.43. The molecule has 0 saturated heterocycles. The van der Waals surface area contributed by atoms with Crippen LogP contribution in [0.15, 0.2) is 24.3 Å². The number of ether oxygens (including phenoxy) is 1. The van der Waals surface area contributed by atoms with Crippen LogP contribution in [0.4, 0.5) is 0 Å². The van der Waals surface area contributed by atoms with Crippen molar-refractivity contribution in [2.75, 3.05) is 33.8 Å². The van der Waals surface area contributed by atoms with E-state index in [9.17, 15) is 0 Å². The Morgan fingerprint density at radius 3 is 2.62 bits per heavy atom. The van der Waals surface area contributed by atoms with Gasteiger partial charge >= 0.3 is 0 Å². The van der Waals surface area contributed by atoms with E-state index in [0.29, 0.717) is 6.04 Å². The van der Waals surface area contributed by atoms with Gasteiger partial charge in [-0.05, 0) is 43.6 Å². The lowest BCUT2D eigenvalue weighted by Gasteiger charge is -2.27. The second-order valence-electron chi connectivity index (χ2n) is 6.02. The molecule has 0 aromatic heterocycles. The van der Waals surface area contributed by atoms with Gasteiger partial charge in [0.05, 0.1) is 7.11 Å². The average Bonchev–Trinajstić information content (AvgIpc) is 2.51. The Hall–Kier alpha value is -1.06. The molecule has 1 aromatic carbocycles. The van der Waals surface area contributed by atoms with Crippen molar-refractivity contribution in [2.24, 2.45) is 5.92 Å². The number of likely N-dealkylation sites (N-methyl/N-ethyl adjacent to an activating group) is 1. The fraction of sp³-hybridized carbons (Fsp3) is 0.667. The summed E-state index contributed by atoms with van der Waals surface area (Å²) in [6.45, 7) is 9.99. The van der Waals surface area contributed by atoms with Gasteiger partial charge in [-0.1, -0.05) is 39.3 Å². The summed E-state index contributed by atoms with van der Waals surface area (Å²) in [6, 6.07) is 8.76. The van der Waals surface area contributed by atoms with E-state index < -0.39 is 0 Å². The highest BCUT2D eigenvalue weighted by Gasteiger charge is 2.15. The van der Waals surface area contributed by atoms with Crippen LogP contribution in [-0.4, -0.2) is 38.7 Å². The van der Waals surface area contributed by atoms with Crippen LogP contribution in [0, 0.1) is 5.92 Å². The van der Waals surface area contributed by atoms with Crippen molar-refractivity contribution in [3.8, 4) is 5.75 Å². The molecule has 0 aliphatic carbocycles. The molecule has 1 rings (SSSR count). The first-order valence-electron chi connectivity index (χ1n) is 8.16. The zero-order chi connectivity index (χ0) is 15.7. The number of methoxy groups -OCH3 is 1. The Kier molecular flexibility index (Phi) is 8.40. The van der Waals surface area contributed by atoms with Gasteiger partial charge in [-0.15, -0.1) is 0 Å². The Morgan fingerprint density at radius 1 is 1.24 bits per heavy atom. The van der Waals surface area contributed by atoms with Crippen molar-refractivity contribution in [2.45, 2.75) is 39.7 Å². The zero-order valence-corrected chi connectivity index (χ0v) is 14.4. The Labute approximate surface area is 130 Å². The third-order valence-corrected chi connectivity index (χ3v) is 3.95. The third kappa shape index (κ3) is 6.49. The van der Waals surface area contributed by atoms with Gasteiger partial charge in [0, 0.05) is 19.1 Å². The van der Waals surface area contributed by atoms with Crippen molar-refractivity contribution in [3.63, 3.8) is 0 Å². The van der Waals surface area contributed by atoms with Gasteiger partial charge in [0.1, 0.15) is 5.75 Å². The molecule has 0 radical (unpaired) electrons. The fourth-order valence-corrected chi connectivity index (χ4v) is 2.51. The molecule has 0 amide bonds. The summed E-state index contributed by atoms with van der Waals surface area (Å²) in [6.07, 6.45) is 2.38. The quantitative estimate of drug-likeness (QED) is 0.711. The SMILES string of the molecule is CCCNC(CN(C)CC(C)CC)c1cccc(OC)c1. The first-order chi connectivity index (χ1) is 10.1. The van der Waals surface area contributed by atoms with Gasteiger partial charge in [-0.25, -0.2) is 0 Å². The highest BCUT2D eigenvalue weighted by Crippen LogP contribution is 2.20. The summed E-state index contributed by atoms with van der Waals surface area (Å²) < 4.78 is 5.36. The van der Waals surface area contributed by atoms with Crippen molar-refractivity contribution in [1.82, 2.24) is 10.2 Å². The molecule has 2 atom stereocenters. The molecule has 1 N–H and O–H groups in total. The van der Waals surface area contributed by atoms with Gasteiger partial charge in [0.25, 0.3) is 0 Å². The van der Waals surface area contributed by atoms with Crippen LogP contribution in [-0.2, 0) is 0 Å². The molecule has 3 heteroatoms. The van der Waals surface area contributed by atoms with E-state index in [0.717, 1.165) is 37.7 Å². The first kappa shape index (κ1) is 18.0. The van der Waals surface area contributed by atoms with Crippen LogP contribution in [0.2, 0.25) is 0 Å². The molecule has 0 bridgehead atoms. The van der Waals surface area contributed by atoms with E-state index in [-0.39, 0.29) is 0 Å². The van der Waals surface area contributed by atoms with Crippen molar-refractivity contribution in [1.29, 1.82) is 0 Å². The summed E-state index contributed by atoms with van der Waals surface area (Å²) in [5.74, 6) is 1.67. The predicted octanol–water partition coefficient (Wildman–Crippen LogP) is 3.71. The second kappa shape index (κ2) is 9.80. The molecule has 21 heavy (non-hydrogen) atoms. The second-order valence-corrected chi connectivity index (χ2v) is 6.02. The minimum absolute atomic E-state index is 0.356. The van der Waals surface area contributed by atoms with Gasteiger partial charge in [-0.2, -0.15) is 0 Å². The largest absolute Gasteiger partial charge is 0.497 e. The molecule has 0 aliphatic heterocycles. The number of hydrogen-bond acceptors (Lipinski definition) is 3. The van der Waals surface area contributed by atoms with Gasteiger partial charge in [0.15, 0.2) is 0 Å². The molecule has 0 fully saturated rings. The van der Waals surface area contributed by atoms with Crippen molar-refractivity contribution < 1.29 is 4.74 Å². The van der Waals surface area contributed by atoms with Crippen LogP contribution in [0.3, 0.4) is 0 Å². The predicted molar refractivity (Wildman–Crippen MR) is 91.0 cm³/mol. The lowest BCUT2D eigenvalue weighted by Crippen LogP contribution is -2.35. The minimum Gasteiger partial charge on any atom is -0.497 e. The molecule has 2 unspecified atom stereocenters. The number of hydrogen-bond donors (Lipinski definition) is 1. The molecule has 120 valence electrons. The molecular weight excluding hydrogens is 260 g/mol. The summed E-state index contributed by atoms with van der Waals surface area (Å²) in [7, 11) is 3.94. The maximum absolute atomic E-state index is 5.36. The highest BCUT2D eigenvalue weighted by atomic mass is 16.5. The number of nitrogens with one attached hydrogen (secondary N) is 1. The summed E-state index contributed by atoms with van der Waals surface area (Å²) in [5.41, 5.74) is 1.30. The van der Waals surface area contributed by atoms with Crippen LogP contribution in [0.1, 0.15) is 45.2 Å². The molecular formula is C18H32N2O. The van der Waals surface area contributed by atoms with E-state index in [2.05, 4.69) is 56.2 Å². The standard InChI is InChI=1S/C18H32N2O/c1-6-11-19-18(14-20(4)13-15(3)7-2)16-9-8-10-17(12-16)21-5/h8-10,12,15,18-19H,6-7,11,13-14H2,1-5H3. The van der Waals surface area contributed by atoms with Gasteiger partial charge in [-0.3, -0.25) is 0 Å². The van der Waals surface area contributed by atoms with E-state index in [4.69, 9.17) is 4.74 Å². The lowest BCUT2D eigenvalue weighted by atomic mass is 10.0. The van der Waals surface area contributed by atoms with Gasteiger partial charge in [0.2, 0.25) is 0 Å². The van der Waals surface area contributed by atoms with E-state index in [1.54, 1.807) is 7.11 Å². The molecule has 0 heterocycles. The smallest absolute Gasteiger partial charge is 0.119 e. The average molecular weight is 292 g/mol. The minimum atomic E-state index is 0.356. The Balaban J connectivity index is 2.74. The highest BCUT2D eigenvalue weighted by molar-refractivity contribution is 5.30.